The quantitative estimate of drug-likeness (QED) is 0.788. The second-order valence-electron chi connectivity index (χ2n) is 2.04. The van der Waals surface area contributed by atoms with E-state index in [-0.39, 0.29) is 0 Å². The van der Waals surface area contributed by atoms with Crippen LogP contribution < -0.4 is 0 Å². The Morgan fingerprint density at radius 3 is 2.83 bits per heavy atom. The molecule has 0 saturated heterocycles. The number of aromatic amines is 1. The number of halogens is 1. The van der Waals surface area contributed by atoms with Crippen LogP contribution in [-0.2, 0) is 0 Å². The fourth-order valence-corrected chi connectivity index (χ4v) is 1.03. The summed E-state index contributed by atoms with van der Waals surface area (Å²) in [7, 11) is 0. The number of hydrogen-bond donors (Lipinski definition) is 1. The Balaban J connectivity index is 2.45. The summed E-state index contributed by atoms with van der Waals surface area (Å²) in [6, 6.07) is 0. The highest BCUT2D eigenvalue weighted by molar-refractivity contribution is 9.10. The maximum absolute atomic E-state index is 4.03. The van der Waals surface area contributed by atoms with Crippen LogP contribution in [0.4, 0.5) is 0 Å². The summed E-state index contributed by atoms with van der Waals surface area (Å²) >= 11 is 3.15. The van der Waals surface area contributed by atoms with E-state index in [2.05, 4.69) is 41.1 Å². The predicted octanol–water partition coefficient (Wildman–Crippen LogP) is 1.02. The Kier molecular flexibility index (Phi) is 1.83. The summed E-state index contributed by atoms with van der Waals surface area (Å²) < 4.78 is 0.586. The average Bonchev–Trinajstić information content (AvgIpc) is 2.54. The van der Waals surface area contributed by atoms with Gasteiger partial charge in [0.05, 0.1) is 6.20 Å². The largest absolute Gasteiger partial charge is 0.261 e. The second-order valence-corrected chi connectivity index (χ2v) is 2.79. The van der Waals surface area contributed by atoms with Gasteiger partial charge in [0.2, 0.25) is 5.82 Å². The minimum atomic E-state index is 0.537. The maximum Gasteiger partial charge on any atom is 0.202 e. The van der Waals surface area contributed by atoms with E-state index in [1.165, 1.54) is 0 Å². The standard InChI is InChI=1S/C6H4BrN5/c7-6-10-5(11-12-6)4-3-8-1-2-9-4/h1-3H,(H,10,11,12). The molecule has 0 atom stereocenters. The molecular weight excluding hydrogens is 222 g/mol. The minimum Gasteiger partial charge on any atom is -0.261 e. The fraction of sp³-hybridized carbons (Fsp3) is 0. The van der Waals surface area contributed by atoms with Crippen LogP contribution in [0.5, 0.6) is 0 Å². The molecule has 0 amide bonds. The molecule has 2 aromatic heterocycles. The van der Waals surface area contributed by atoms with Crippen LogP contribution >= 0.6 is 15.9 Å². The second kappa shape index (κ2) is 2.98. The van der Waals surface area contributed by atoms with Gasteiger partial charge in [-0.2, -0.15) is 10.1 Å². The van der Waals surface area contributed by atoms with Crippen molar-refractivity contribution < 1.29 is 0 Å². The molecule has 0 spiro atoms. The van der Waals surface area contributed by atoms with Crippen LogP contribution in [0.2, 0.25) is 0 Å². The van der Waals surface area contributed by atoms with E-state index in [4.69, 9.17) is 0 Å². The van der Waals surface area contributed by atoms with E-state index >= 15 is 0 Å². The van der Waals surface area contributed by atoms with Crippen molar-refractivity contribution in [3.05, 3.63) is 23.3 Å². The third-order valence-corrected chi connectivity index (χ3v) is 1.61. The predicted molar refractivity (Wildman–Crippen MR) is 45.1 cm³/mol. The van der Waals surface area contributed by atoms with Gasteiger partial charge in [0, 0.05) is 12.4 Å². The average molecular weight is 226 g/mol. The summed E-state index contributed by atoms with van der Waals surface area (Å²) in [6.07, 6.45) is 4.81. The Morgan fingerprint density at radius 1 is 1.33 bits per heavy atom. The molecule has 1 N–H and O–H groups in total. The summed E-state index contributed by atoms with van der Waals surface area (Å²) in [6.45, 7) is 0. The normalized spacial score (nSPS) is 10.1. The minimum absolute atomic E-state index is 0.537. The highest BCUT2D eigenvalue weighted by atomic mass is 79.9. The van der Waals surface area contributed by atoms with Crippen molar-refractivity contribution in [3.63, 3.8) is 0 Å². The van der Waals surface area contributed by atoms with E-state index in [0.29, 0.717) is 16.3 Å². The van der Waals surface area contributed by atoms with Crippen molar-refractivity contribution in [1.29, 1.82) is 0 Å². The lowest BCUT2D eigenvalue weighted by atomic mass is 10.4. The van der Waals surface area contributed by atoms with Crippen molar-refractivity contribution >= 4 is 15.9 Å². The molecule has 0 unspecified atom stereocenters. The van der Waals surface area contributed by atoms with Crippen LogP contribution in [0.15, 0.2) is 23.3 Å². The molecular formula is C6H4BrN5. The van der Waals surface area contributed by atoms with Crippen LogP contribution in [0.3, 0.4) is 0 Å². The zero-order valence-corrected chi connectivity index (χ0v) is 7.48. The highest BCUT2D eigenvalue weighted by Crippen LogP contribution is 2.10. The summed E-state index contributed by atoms with van der Waals surface area (Å²) in [5.41, 5.74) is 0.652. The molecule has 0 fully saturated rings. The lowest BCUT2D eigenvalue weighted by molar-refractivity contribution is 1.06. The molecule has 5 nitrogen and oxygen atoms in total. The highest BCUT2D eigenvalue weighted by Gasteiger charge is 2.03. The lowest BCUT2D eigenvalue weighted by Crippen LogP contribution is -1.85. The van der Waals surface area contributed by atoms with Crippen LogP contribution in [0, 0.1) is 0 Å². The van der Waals surface area contributed by atoms with Gasteiger partial charge in [-0.3, -0.25) is 10.1 Å². The number of H-pyrrole nitrogens is 1. The van der Waals surface area contributed by atoms with Crippen LogP contribution in [0.25, 0.3) is 11.5 Å². The zero-order chi connectivity index (χ0) is 8.39. The van der Waals surface area contributed by atoms with Crippen LogP contribution in [0.1, 0.15) is 0 Å². The topological polar surface area (TPSA) is 67.3 Å². The molecule has 0 saturated carbocycles. The first-order valence-corrected chi connectivity index (χ1v) is 4.00. The number of nitrogens with one attached hydrogen (secondary N) is 1. The molecule has 0 bridgehead atoms. The molecule has 2 rings (SSSR count). The molecule has 0 aliphatic rings. The van der Waals surface area contributed by atoms with Gasteiger partial charge in [-0.05, 0) is 15.9 Å². The Bertz CT molecular complexity index is 370. The first-order valence-electron chi connectivity index (χ1n) is 3.20. The van der Waals surface area contributed by atoms with Gasteiger partial charge in [0.25, 0.3) is 0 Å². The van der Waals surface area contributed by atoms with E-state index < -0.39 is 0 Å². The SMILES string of the molecule is Brc1nc(-c2cnccn2)n[nH]1. The number of nitrogens with zero attached hydrogens (tertiary/aromatic N) is 4. The number of aromatic nitrogens is 5. The molecule has 60 valence electrons. The Hall–Kier alpha value is -1.30. The maximum atomic E-state index is 4.03. The van der Waals surface area contributed by atoms with E-state index in [1.807, 2.05) is 0 Å². The van der Waals surface area contributed by atoms with Gasteiger partial charge in [-0.1, -0.05) is 0 Å². The van der Waals surface area contributed by atoms with Gasteiger partial charge < -0.3 is 0 Å². The molecule has 12 heavy (non-hydrogen) atoms. The molecule has 2 aromatic rings. The monoisotopic (exact) mass is 225 g/mol. The molecule has 6 heteroatoms. The van der Waals surface area contributed by atoms with Gasteiger partial charge in [-0.15, -0.1) is 0 Å². The third kappa shape index (κ3) is 1.33. The summed E-state index contributed by atoms with van der Waals surface area (Å²) in [5, 5.41) is 6.56. The third-order valence-electron chi connectivity index (χ3n) is 1.25. The van der Waals surface area contributed by atoms with Crippen molar-refractivity contribution in [2.24, 2.45) is 0 Å². The van der Waals surface area contributed by atoms with Crippen LogP contribution in [-0.4, -0.2) is 25.1 Å². The summed E-state index contributed by atoms with van der Waals surface area (Å²) in [5.74, 6) is 0.537. The van der Waals surface area contributed by atoms with Crippen molar-refractivity contribution in [2.45, 2.75) is 0 Å². The smallest absolute Gasteiger partial charge is 0.202 e. The van der Waals surface area contributed by atoms with Gasteiger partial charge in [0.15, 0.2) is 4.73 Å². The van der Waals surface area contributed by atoms with E-state index in [1.54, 1.807) is 18.6 Å². The van der Waals surface area contributed by atoms with Gasteiger partial charge >= 0.3 is 0 Å². The van der Waals surface area contributed by atoms with Gasteiger partial charge in [0.1, 0.15) is 5.69 Å². The fourth-order valence-electron chi connectivity index (χ4n) is 0.771. The van der Waals surface area contributed by atoms with Gasteiger partial charge in [-0.25, -0.2) is 4.98 Å². The molecule has 0 aliphatic heterocycles. The number of hydrogen-bond acceptors (Lipinski definition) is 4. The zero-order valence-electron chi connectivity index (χ0n) is 5.90. The first-order chi connectivity index (χ1) is 5.86. The summed E-state index contributed by atoms with van der Waals surface area (Å²) in [4.78, 5) is 12.0. The van der Waals surface area contributed by atoms with Crippen molar-refractivity contribution in [2.75, 3.05) is 0 Å². The molecule has 0 aromatic carbocycles. The lowest BCUT2D eigenvalue weighted by Gasteiger charge is -1.88. The van der Waals surface area contributed by atoms with Crippen molar-refractivity contribution in [3.8, 4) is 11.5 Å². The molecule has 0 radical (unpaired) electrons. The number of rotatable bonds is 1. The van der Waals surface area contributed by atoms with Crippen molar-refractivity contribution in [1.82, 2.24) is 25.1 Å². The Labute approximate surface area is 76.4 Å². The van der Waals surface area contributed by atoms with E-state index in [9.17, 15) is 0 Å². The molecule has 2 heterocycles. The van der Waals surface area contributed by atoms with E-state index in [0.717, 1.165) is 0 Å². The first kappa shape index (κ1) is 7.35. The Morgan fingerprint density at radius 2 is 2.25 bits per heavy atom. The molecule has 0 aliphatic carbocycles.